The lowest BCUT2D eigenvalue weighted by atomic mass is 9.95. The van der Waals surface area contributed by atoms with Crippen LogP contribution < -0.4 is 15.9 Å². The molecule has 1 aliphatic heterocycles. The quantitative estimate of drug-likeness (QED) is 0.359. The van der Waals surface area contributed by atoms with Gasteiger partial charge in [-0.3, -0.25) is 0 Å². The van der Waals surface area contributed by atoms with Gasteiger partial charge >= 0.3 is 5.97 Å². The number of quaternary nitrogens is 1. The first kappa shape index (κ1) is 17.4. The summed E-state index contributed by atoms with van der Waals surface area (Å²) < 4.78 is 5.23. The summed E-state index contributed by atoms with van der Waals surface area (Å²) in [6, 6.07) is 5.85. The molecule has 0 aromatic heterocycles. The second-order valence-corrected chi connectivity index (χ2v) is 5.54. The molecule has 23 heavy (non-hydrogen) atoms. The average molecular weight is 337 g/mol. The molecule has 124 valence electrons. The van der Waals surface area contributed by atoms with Crippen molar-refractivity contribution in [2.45, 2.75) is 26.3 Å². The van der Waals surface area contributed by atoms with Crippen LogP contribution in [0.5, 0.6) is 0 Å². The SMILES string of the molecule is CCCOC(=O)C1=C(C)NC(=S)N[C@H]1c1cccc([NH+]([O-])O)c1. The third-order valence-electron chi connectivity index (χ3n) is 3.39. The molecule has 2 atom stereocenters. The van der Waals surface area contributed by atoms with Crippen molar-refractivity contribution in [2.75, 3.05) is 6.61 Å². The van der Waals surface area contributed by atoms with E-state index < -0.39 is 17.2 Å². The molecular weight excluding hydrogens is 318 g/mol. The van der Waals surface area contributed by atoms with Crippen LogP contribution in [0.15, 0.2) is 35.5 Å². The van der Waals surface area contributed by atoms with Crippen LogP contribution in [-0.4, -0.2) is 22.9 Å². The molecule has 1 aliphatic rings. The maximum Gasteiger partial charge on any atom is 0.338 e. The van der Waals surface area contributed by atoms with E-state index in [2.05, 4.69) is 10.6 Å². The molecule has 1 aromatic rings. The fourth-order valence-electron chi connectivity index (χ4n) is 2.34. The van der Waals surface area contributed by atoms with Gasteiger partial charge in [0.2, 0.25) is 0 Å². The van der Waals surface area contributed by atoms with E-state index in [0.717, 1.165) is 6.42 Å². The highest BCUT2D eigenvalue weighted by Gasteiger charge is 2.31. The number of rotatable bonds is 5. The van der Waals surface area contributed by atoms with Crippen LogP contribution in [0.25, 0.3) is 0 Å². The number of hydrogen-bond acceptors (Lipinski definition) is 5. The molecule has 0 spiro atoms. The number of carbonyl (C=O) groups excluding carboxylic acids is 1. The highest BCUT2D eigenvalue weighted by Crippen LogP contribution is 2.28. The van der Waals surface area contributed by atoms with Gasteiger partial charge in [0.05, 0.1) is 18.2 Å². The molecular formula is C15H19N3O4S. The largest absolute Gasteiger partial charge is 0.595 e. The van der Waals surface area contributed by atoms with Crippen molar-refractivity contribution in [3.8, 4) is 0 Å². The smallest absolute Gasteiger partial charge is 0.338 e. The van der Waals surface area contributed by atoms with E-state index in [1.165, 1.54) is 12.1 Å². The van der Waals surface area contributed by atoms with Gasteiger partial charge in [-0.15, -0.1) is 0 Å². The van der Waals surface area contributed by atoms with Crippen LogP contribution in [0.3, 0.4) is 0 Å². The lowest BCUT2D eigenvalue weighted by Gasteiger charge is -2.30. The van der Waals surface area contributed by atoms with Crippen molar-refractivity contribution in [2.24, 2.45) is 0 Å². The number of nitrogens with one attached hydrogen (secondary N) is 3. The molecule has 0 saturated heterocycles. The molecule has 0 bridgehead atoms. The Morgan fingerprint density at radius 3 is 2.91 bits per heavy atom. The summed E-state index contributed by atoms with van der Waals surface area (Å²) >= 11 is 5.15. The van der Waals surface area contributed by atoms with Gasteiger partial charge in [0.25, 0.3) is 0 Å². The summed E-state index contributed by atoms with van der Waals surface area (Å²) in [5.74, 6) is -0.447. The van der Waals surface area contributed by atoms with Crippen molar-refractivity contribution in [3.63, 3.8) is 0 Å². The van der Waals surface area contributed by atoms with Gasteiger partial charge in [-0.1, -0.05) is 19.1 Å². The first-order valence-corrected chi connectivity index (χ1v) is 7.63. The summed E-state index contributed by atoms with van der Waals surface area (Å²) in [5.41, 5.74) is 1.78. The zero-order valence-electron chi connectivity index (χ0n) is 12.9. The molecule has 0 aliphatic carbocycles. The van der Waals surface area contributed by atoms with Crippen LogP contribution in [0.2, 0.25) is 0 Å². The number of esters is 1. The fourth-order valence-corrected chi connectivity index (χ4v) is 2.61. The minimum Gasteiger partial charge on any atom is -0.595 e. The summed E-state index contributed by atoms with van der Waals surface area (Å²) in [4.78, 5) is 12.4. The predicted molar refractivity (Wildman–Crippen MR) is 87.8 cm³/mol. The second-order valence-electron chi connectivity index (χ2n) is 5.14. The van der Waals surface area contributed by atoms with E-state index in [-0.39, 0.29) is 5.69 Å². The third-order valence-corrected chi connectivity index (χ3v) is 3.61. The standard InChI is InChI=1S/C15H19N3O4S/c1-3-7-22-14(19)12-9(2)16-15(23)17-13(12)10-5-4-6-11(8-10)18(20)21/h4-6,8,13,18,20H,3,7H2,1-2H3,(H2,16,17,23)/t13-/m0/s1. The Kier molecular flexibility index (Phi) is 5.67. The minimum atomic E-state index is -1.03. The molecule has 2 rings (SSSR count). The Balaban J connectivity index is 2.40. The third kappa shape index (κ3) is 4.05. The molecule has 0 radical (unpaired) electrons. The Hall–Kier alpha value is -2.00. The molecule has 1 aromatic carbocycles. The normalized spacial score (nSPS) is 19.0. The lowest BCUT2D eigenvalue weighted by molar-refractivity contribution is -0.991. The predicted octanol–water partition coefficient (Wildman–Crippen LogP) is 0.836. The van der Waals surface area contributed by atoms with Gasteiger partial charge in [-0.05, 0) is 31.1 Å². The number of thiocarbonyl (C=S) groups is 1. The van der Waals surface area contributed by atoms with E-state index in [1.807, 2.05) is 6.92 Å². The summed E-state index contributed by atoms with van der Waals surface area (Å²) in [7, 11) is 0. The maximum absolute atomic E-state index is 12.4. The number of carbonyl (C=O) groups is 1. The fraction of sp³-hybridized carbons (Fsp3) is 0.333. The van der Waals surface area contributed by atoms with Crippen molar-refractivity contribution in [1.82, 2.24) is 10.6 Å². The summed E-state index contributed by atoms with van der Waals surface area (Å²) in [5, 5.41) is 25.6. The molecule has 1 unspecified atom stereocenters. The lowest BCUT2D eigenvalue weighted by Crippen LogP contribution is -2.99. The Labute approximate surface area is 139 Å². The molecule has 1 heterocycles. The number of benzene rings is 1. The maximum atomic E-state index is 12.4. The molecule has 0 saturated carbocycles. The van der Waals surface area contributed by atoms with Crippen LogP contribution in [0, 0.1) is 5.21 Å². The Morgan fingerprint density at radius 1 is 1.52 bits per heavy atom. The highest BCUT2D eigenvalue weighted by molar-refractivity contribution is 7.80. The summed E-state index contributed by atoms with van der Waals surface area (Å²) in [6.07, 6.45) is 0.719. The second kappa shape index (κ2) is 7.51. The Morgan fingerprint density at radius 2 is 2.26 bits per heavy atom. The first-order chi connectivity index (χ1) is 10.9. The molecule has 4 N–H and O–H groups in total. The van der Waals surface area contributed by atoms with E-state index in [9.17, 15) is 10.0 Å². The molecule has 7 nitrogen and oxygen atoms in total. The monoisotopic (exact) mass is 337 g/mol. The van der Waals surface area contributed by atoms with Crippen LogP contribution in [-0.2, 0) is 9.53 Å². The average Bonchev–Trinajstić information content (AvgIpc) is 2.52. The van der Waals surface area contributed by atoms with E-state index in [4.69, 9.17) is 22.2 Å². The molecule has 8 heteroatoms. The first-order valence-electron chi connectivity index (χ1n) is 7.22. The number of allylic oxidation sites excluding steroid dienone is 1. The van der Waals surface area contributed by atoms with Crippen molar-refractivity contribution in [3.05, 3.63) is 46.3 Å². The molecule has 0 amide bonds. The van der Waals surface area contributed by atoms with E-state index >= 15 is 0 Å². The van der Waals surface area contributed by atoms with E-state index in [0.29, 0.717) is 28.6 Å². The minimum absolute atomic E-state index is 0.146. The molecule has 0 fully saturated rings. The van der Waals surface area contributed by atoms with Gasteiger partial charge in [0.15, 0.2) is 10.8 Å². The van der Waals surface area contributed by atoms with Gasteiger partial charge in [0.1, 0.15) is 0 Å². The van der Waals surface area contributed by atoms with Crippen LogP contribution >= 0.6 is 12.2 Å². The van der Waals surface area contributed by atoms with E-state index in [1.54, 1.807) is 19.1 Å². The Bertz CT molecular complexity index is 645. The number of hydrogen-bond donors (Lipinski definition) is 4. The van der Waals surface area contributed by atoms with Gasteiger partial charge in [-0.25, -0.2) is 10.0 Å². The van der Waals surface area contributed by atoms with Crippen molar-refractivity contribution < 1.29 is 20.0 Å². The number of ether oxygens (including phenoxy) is 1. The zero-order chi connectivity index (χ0) is 17.0. The van der Waals surface area contributed by atoms with Crippen LogP contribution in [0.1, 0.15) is 31.9 Å². The van der Waals surface area contributed by atoms with Gasteiger partial charge < -0.3 is 20.6 Å². The highest BCUT2D eigenvalue weighted by atomic mass is 32.1. The zero-order valence-corrected chi connectivity index (χ0v) is 13.7. The van der Waals surface area contributed by atoms with Gasteiger partial charge in [0, 0.05) is 17.8 Å². The van der Waals surface area contributed by atoms with Crippen molar-refractivity contribution >= 4 is 29.0 Å². The van der Waals surface area contributed by atoms with Crippen molar-refractivity contribution in [1.29, 1.82) is 0 Å². The van der Waals surface area contributed by atoms with Crippen LogP contribution in [0.4, 0.5) is 5.69 Å². The topological polar surface area (TPSA) is 98.1 Å². The van der Waals surface area contributed by atoms with Gasteiger partial charge in [-0.2, -0.15) is 5.23 Å². The summed E-state index contributed by atoms with van der Waals surface area (Å²) in [6.45, 7) is 3.97.